The fourth-order valence-electron chi connectivity index (χ4n) is 2.00. The highest BCUT2D eigenvalue weighted by atomic mass is 32.2. The van der Waals surface area contributed by atoms with Gasteiger partial charge in [-0.05, 0) is 18.8 Å². The number of nitrogens with zero attached hydrogens (tertiary/aromatic N) is 3. The molecular formula is C10H18N4S. The first kappa shape index (κ1) is 10.8. The molecule has 0 aliphatic heterocycles. The van der Waals surface area contributed by atoms with Gasteiger partial charge in [0.1, 0.15) is 0 Å². The van der Waals surface area contributed by atoms with Crippen LogP contribution in [0.2, 0.25) is 0 Å². The second-order valence-corrected chi connectivity index (χ2v) is 5.20. The van der Waals surface area contributed by atoms with E-state index in [1.54, 1.807) is 11.8 Å². The average Bonchev–Trinajstić information content (AvgIpc) is 2.59. The van der Waals surface area contributed by atoms with Crippen molar-refractivity contribution >= 4 is 17.7 Å². The van der Waals surface area contributed by atoms with E-state index < -0.39 is 0 Å². The van der Waals surface area contributed by atoms with Gasteiger partial charge in [0.05, 0.1) is 0 Å². The van der Waals surface area contributed by atoms with Gasteiger partial charge >= 0.3 is 0 Å². The van der Waals surface area contributed by atoms with Gasteiger partial charge in [-0.1, -0.05) is 31.0 Å². The summed E-state index contributed by atoms with van der Waals surface area (Å²) in [5.41, 5.74) is 5.63. The van der Waals surface area contributed by atoms with Crippen molar-refractivity contribution in [2.45, 2.75) is 37.3 Å². The van der Waals surface area contributed by atoms with Gasteiger partial charge < -0.3 is 5.73 Å². The Morgan fingerprint density at radius 2 is 2.07 bits per heavy atom. The number of nitrogens with two attached hydrogens (primary N) is 1. The van der Waals surface area contributed by atoms with Crippen LogP contribution in [0.3, 0.4) is 0 Å². The van der Waals surface area contributed by atoms with Crippen LogP contribution in [0.1, 0.15) is 32.1 Å². The van der Waals surface area contributed by atoms with E-state index in [4.69, 9.17) is 5.73 Å². The quantitative estimate of drug-likeness (QED) is 0.802. The van der Waals surface area contributed by atoms with Crippen molar-refractivity contribution in [3.05, 3.63) is 0 Å². The number of rotatable bonds is 3. The Kier molecular flexibility index (Phi) is 3.51. The number of anilines is 1. The fourth-order valence-corrected chi connectivity index (χ4v) is 3.10. The SMILES string of the molecule is Cn1c(N)nnc1SCC1CCCCC1. The van der Waals surface area contributed by atoms with Gasteiger partial charge in [-0.2, -0.15) is 0 Å². The van der Waals surface area contributed by atoms with Crippen LogP contribution in [0.5, 0.6) is 0 Å². The molecule has 15 heavy (non-hydrogen) atoms. The monoisotopic (exact) mass is 226 g/mol. The zero-order valence-corrected chi connectivity index (χ0v) is 9.96. The first-order valence-electron chi connectivity index (χ1n) is 5.55. The lowest BCUT2D eigenvalue weighted by molar-refractivity contribution is 0.390. The summed E-state index contributed by atoms with van der Waals surface area (Å²) < 4.78 is 1.85. The molecule has 4 nitrogen and oxygen atoms in total. The molecule has 0 atom stereocenters. The minimum Gasteiger partial charge on any atom is -0.368 e. The third kappa shape index (κ3) is 2.65. The van der Waals surface area contributed by atoms with Crippen molar-refractivity contribution in [1.29, 1.82) is 0 Å². The third-order valence-corrected chi connectivity index (χ3v) is 4.29. The molecule has 0 saturated heterocycles. The largest absolute Gasteiger partial charge is 0.368 e. The highest BCUT2D eigenvalue weighted by Crippen LogP contribution is 2.29. The van der Waals surface area contributed by atoms with Crippen LogP contribution in [-0.4, -0.2) is 20.5 Å². The van der Waals surface area contributed by atoms with Gasteiger partial charge in [0.15, 0.2) is 5.16 Å². The summed E-state index contributed by atoms with van der Waals surface area (Å²) in [6.45, 7) is 0. The van der Waals surface area contributed by atoms with Gasteiger partial charge in [0.2, 0.25) is 5.95 Å². The molecule has 2 N–H and O–H groups in total. The molecule has 0 bridgehead atoms. The minimum absolute atomic E-state index is 0.501. The van der Waals surface area contributed by atoms with Crippen LogP contribution < -0.4 is 5.73 Å². The van der Waals surface area contributed by atoms with E-state index in [9.17, 15) is 0 Å². The summed E-state index contributed by atoms with van der Waals surface area (Å²) >= 11 is 1.78. The number of hydrogen-bond donors (Lipinski definition) is 1. The lowest BCUT2D eigenvalue weighted by atomic mass is 9.91. The molecule has 0 amide bonds. The molecule has 0 unspecified atom stereocenters. The van der Waals surface area contributed by atoms with Crippen LogP contribution in [-0.2, 0) is 7.05 Å². The second kappa shape index (κ2) is 4.88. The first-order valence-corrected chi connectivity index (χ1v) is 6.53. The Morgan fingerprint density at radius 1 is 1.33 bits per heavy atom. The molecule has 1 fully saturated rings. The predicted molar refractivity (Wildman–Crippen MR) is 62.7 cm³/mol. The topological polar surface area (TPSA) is 56.7 Å². The average molecular weight is 226 g/mol. The number of thioether (sulfide) groups is 1. The zero-order valence-electron chi connectivity index (χ0n) is 9.15. The molecule has 1 aromatic rings. The smallest absolute Gasteiger partial charge is 0.222 e. The van der Waals surface area contributed by atoms with E-state index in [-0.39, 0.29) is 0 Å². The molecule has 1 saturated carbocycles. The number of hydrogen-bond acceptors (Lipinski definition) is 4. The third-order valence-electron chi connectivity index (χ3n) is 3.04. The first-order chi connectivity index (χ1) is 7.27. The lowest BCUT2D eigenvalue weighted by Crippen LogP contribution is -2.09. The van der Waals surface area contributed by atoms with Gasteiger partial charge in [-0.25, -0.2) is 0 Å². The number of nitrogen functional groups attached to an aromatic ring is 1. The lowest BCUT2D eigenvalue weighted by Gasteiger charge is -2.20. The van der Waals surface area contributed by atoms with Crippen molar-refractivity contribution in [2.24, 2.45) is 13.0 Å². The van der Waals surface area contributed by atoms with Gasteiger partial charge in [-0.15, -0.1) is 10.2 Å². The van der Waals surface area contributed by atoms with Crippen LogP contribution >= 0.6 is 11.8 Å². The minimum atomic E-state index is 0.501. The van der Waals surface area contributed by atoms with Gasteiger partial charge in [-0.3, -0.25) is 4.57 Å². The molecule has 0 radical (unpaired) electrons. The zero-order chi connectivity index (χ0) is 10.7. The summed E-state index contributed by atoms with van der Waals surface area (Å²) in [6.07, 6.45) is 6.96. The Bertz CT molecular complexity index is 317. The standard InChI is InChI=1S/C10H18N4S/c1-14-9(11)12-13-10(14)15-7-8-5-3-2-4-6-8/h8H,2-7H2,1H3,(H2,11,12). The normalized spacial score (nSPS) is 18.2. The molecule has 1 aliphatic rings. The molecule has 1 heterocycles. The summed E-state index contributed by atoms with van der Waals surface area (Å²) in [4.78, 5) is 0. The second-order valence-electron chi connectivity index (χ2n) is 4.21. The molecule has 0 spiro atoms. The van der Waals surface area contributed by atoms with E-state index in [0.29, 0.717) is 5.95 Å². The van der Waals surface area contributed by atoms with E-state index >= 15 is 0 Å². The summed E-state index contributed by atoms with van der Waals surface area (Å²) in [5, 5.41) is 8.84. The summed E-state index contributed by atoms with van der Waals surface area (Å²) in [6, 6.07) is 0. The molecule has 5 heteroatoms. The van der Waals surface area contributed by atoms with Crippen molar-refractivity contribution in [2.75, 3.05) is 11.5 Å². The maximum Gasteiger partial charge on any atom is 0.222 e. The van der Waals surface area contributed by atoms with Gasteiger partial charge in [0.25, 0.3) is 0 Å². The van der Waals surface area contributed by atoms with E-state index in [1.807, 2.05) is 11.6 Å². The Balaban J connectivity index is 1.84. The highest BCUT2D eigenvalue weighted by Gasteiger charge is 2.15. The van der Waals surface area contributed by atoms with Crippen molar-refractivity contribution in [3.8, 4) is 0 Å². The molecule has 84 valence electrons. The fraction of sp³-hybridized carbons (Fsp3) is 0.800. The molecule has 2 rings (SSSR count). The molecule has 1 aromatic heterocycles. The highest BCUT2D eigenvalue weighted by molar-refractivity contribution is 7.99. The molecule has 0 aromatic carbocycles. The Hall–Kier alpha value is -0.710. The maximum atomic E-state index is 5.63. The Labute approximate surface area is 94.6 Å². The molecule has 1 aliphatic carbocycles. The van der Waals surface area contributed by atoms with Crippen molar-refractivity contribution < 1.29 is 0 Å². The van der Waals surface area contributed by atoms with Crippen LogP contribution in [0.4, 0.5) is 5.95 Å². The van der Waals surface area contributed by atoms with E-state index in [0.717, 1.165) is 16.8 Å². The van der Waals surface area contributed by atoms with Gasteiger partial charge in [0, 0.05) is 12.8 Å². The van der Waals surface area contributed by atoms with Crippen LogP contribution in [0.15, 0.2) is 5.16 Å². The van der Waals surface area contributed by atoms with Crippen LogP contribution in [0, 0.1) is 5.92 Å². The summed E-state index contributed by atoms with van der Waals surface area (Å²) in [7, 11) is 1.92. The maximum absolute atomic E-state index is 5.63. The summed E-state index contributed by atoms with van der Waals surface area (Å²) in [5.74, 6) is 2.52. The predicted octanol–water partition coefficient (Wildman–Crippen LogP) is 2.07. The van der Waals surface area contributed by atoms with Crippen molar-refractivity contribution in [1.82, 2.24) is 14.8 Å². The molecular weight excluding hydrogens is 208 g/mol. The van der Waals surface area contributed by atoms with Crippen LogP contribution in [0.25, 0.3) is 0 Å². The van der Waals surface area contributed by atoms with E-state index in [1.165, 1.54) is 32.1 Å². The Morgan fingerprint density at radius 3 is 2.67 bits per heavy atom. The van der Waals surface area contributed by atoms with E-state index in [2.05, 4.69) is 10.2 Å². The van der Waals surface area contributed by atoms with Crippen molar-refractivity contribution in [3.63, 3.8) is 0 Å². The number of aromatic nitrogens is 3.